The van der Waals surface area contributed by atoms with Crippen LogP contribution in [0.5, 0.6) is 6.01 Å². The normalized spacial score (nSPS) is 16.6. The molecule has 28 heteroatoms. The van der Waals surface area contributed by atoms with Gasteiger partial charge in [0, 0.05) is 109 Å². The number of nitriles is 1. The van der Waals surface area contributed by atoms with E-state index < -0.39 is 12.2 Å². The van der Waals surface area contributed by atoms with Gasteiger partial charge in [-0.1, -0.05) is 193 Å². The summed E-state index contributed by atoms with van der Waals surface area (Å²) in [6.07, 6.45) is 2.93. The number of rotatable bonds is 16. The Kier molecular flexibility index (Phi) is 27.5. The van der Waals surface area contributed by atoms with E-state index in [1.165, 1.54) is 50.1 Å². The predicted molar refractivity (Wildman–Crippen MR) is 555 cm³/mol. The Morgan fingerprint density at radius 1 is 0.370 bits per heavy atom. The van der Waals surface area contributed by atoms with Crippen molar-refractivity contribution in [3.8, 4) is 12.1 Å². The van der Waals surface area contributed by atoms with E-state index in [0.29, 0.717) is 115 Å². The van der Waals surface area contributed by atoms with E-state index >= 15 is 0 Å². The molecule has 146 heavy (non-hydrogen) atoms. The second kappa shape index (κ2) is 41.4. The van der Waals surface area contributed by atoms with Crippen LogP contribution in [0.2, 0.25) is 0 Å². The third-order valence-electron chi connectivity index (χ3n) is 29.5. The van der Waals surface area contributed by atoms with Crippen LogP contribution in [0.4, 0.5) is 13.2 Å². The zero-order valence-electron chi connectivity index (χ0n) is 82.8. The number of carbonyl (C=O) groups excluding carboxylic acids is 5. The van der Waals surface area contributed by atoms with Crippen molar-refractivity contribution in [1.82, 2.24) is 65.1 Å². The van der Waals surface area contributed by atoms with Crippen LogP contribution >= 0.6 is 0 Å². The highest BCUT2D eigenvalue weighted by Crippen LogP contribution is 2.41. The molecular weight excluding hydrogens is 1840 g/mol. The first-order chi connectivity index (χ1) is 70.8. The number of fused-ring (bicyclic) bond motifs is 11. The molecule has 2 N–H and O–H groups in total. The summed E-state index contributed by atoms with van der Waals surface area (Å²) in [6, 6.07) is 82.5. The summed E-state index contributed by atoms with van der Waals surface area (Å²) in [6.45, 7) is 20.2. The van der Waals surface area contributed by atoms with E-state index in [4.69, 9.17) is 25.0 Å². The first kappa shape index (κ1) is 96.9. The number of aromatic nitrogens is 6. The van der Waals surface area contributed by atoms with Crippen molar-refractivity contribution in [3.63, 3.8) is 0 Å². The summed E-state index contributed by atoms with van der Waals surface area (Å²) in [5.41, 5.74) is 35.6. The largest absolute Gasteiger partial charge is 0.467 e. The maximum atomic E-state index is 13.0. The fourth-order valence-corrected chi connectivity index (χ4v) is 21.1. The minimum absolute atomic E-state index is 0.0240. The van der Waals surface area contributed by atoms with Gasteiger partial charge in [-0.3, -0.25) is 48.9 Å². The SMILES string of the molecule is CC(NC1=NCc2cc3c(cc21)CN([C@H](C)c1ccccc1)C(=O)C3)C(F)(F)F.CCNC1=NCc2cc3c(cc21)CN([C@H](C)c1ccccc1)C(=O)C3.COc1ncc(C2=NCc3cc4c(cc32)CN([C@H](C)c2ccccc2)C(=O)C4)cn1.C[C@H](c1ccccc1)N1Cc2cc3c(cc2CC1=O)CN=C3c1ccc(C#N)nc1.C[C@H](c1ccccc1)N1Cc2cc3c(cc2CC1=O)CN=C3c1ccc2nnn(C)c2c1. The maximum absolute atomic E-state index is 13.0. The van der Waals surface area contributed by atoms with Gasteiger partial charge >= 0.3 is 12.2 Å². The molecule has 0 bridgehead atoms. The molecule has 10 aliphatic rings. The number of methoxy groups -OCH3 is 1. The molecule has 0 spiro atoms. The van der Waals surface area contributed by atoms with Gasteiger partial charge < -0.3 is 39.9 Å². The molecule has 24 rings (SSSR count). The van der Waals surface area contributed by atoms with Crippen LogP contribution in [0.1, 0.15) is 240 Å². The number of nitrogens with one attached hydrogen (secondary N) is 2. The van der Waals surface area contributed by atoms with Crippen molar-refractivity contribution in [3.05, 3.63) is 423 Å². The third-order valence-corrected chi connectivity index (χ3v) is 29.5. The molecule has 6 atom stereocenters. The third kappa shape index (κ3) is 20.0. The number of hydrogen-bond acceptors (Lipinski definition) is 19. The Hall–Kier alpha value is -16.6. The van der Waals surface area contributed by atoms with E-state index in [9.17, 15) is 37.1 Å². The van der Waals surface area contributed by atoms with Crippen LogP contribution in [0, 0.1) is 11.3 Å². The van der Waals surface area contributed by atoms with Crippen molar-refractivity contribution in [2.45, 2.75) is 188 Å². The number of carbonyl (C=O) groups is 5. The number of benzene rings is 11. The summed E-state index contributed by atoms with van der Waals surface area (Å²) in [7, 11) is 3.45. The summed E-state index contributed by atoms with van der Waals surface area (Å²) in [5.74, 6) is 2.02. The Morgan fingerprint density at radius 3 is 1.02 bits per heavy atom. The number of nitrogens with zero attached hydrogens (tertiary/aromatic N) is 17. The molecule has 1 unspecified atom stereocenters. The lowest BCUT2D eigenvalue weighted by atomic mass is 9.90. The summed E-state index contributed by atoms with van der Waals surface area (Å²) in [4.78, 5) is 110. The van der Waals surface area contributed by atoms with Gasteiger partial charge in [-0.25, -0.2) is 19.6 Å². The quantitative estimate of drug-likeness (QED) is 0.0909. The number of amides is 5. The smallest absolute Gasteiger partial charge is 0.408 e. The lowest BCUT2D eigenvalue weighted by molar-refractivity contribution is -0.147. The zero-order valence-corrected chi connectivity index (χ0v) is 82.8. The van der Waals surface area contributed by atoms with Gasteiger partial charge in [0.05, 0.1) is 125 Å². The molecule has 0 aliphatic carbocycles. The molecule has 0 fully saturated rings. The maximum Gasteiger partial charge on any atom is 0.408 e. The van der Waals surface area contributed by atoms with Gasteiger partial charge in [-0.2, -0.15) is 18.4 Å². The molecular formula is C118H110F3N19O6. The molecule has 11 aromatic carbocycles. The summed E-state index contributed by atoms with van der Waals surface area (Å²) >= 11 is 0. The number of pyridine rings is 1. The van der Waals surface area contributed by atoms with Crippen LogP contribution < -0.4 is 15.4 Å². The molecule has 5 amide bonds. The first-order valence-electron chi connectivity index (χ1n) is 49.6. The number of aryl methyl sites for hydroxylation is 1. The lowest BCUT2D eigenvalue weighted by Crippen LogP contribution is -2.43. The molecule has 0 saturated heterocycles. The molecule has 14 aromatic rings. The molecule has 0 saturated carbocycles. The standard InChI is InChI=1S/C26H23N5O.C25H20N4O.C24H22N4O2.C22H22F3N3O.C21H23N3O/c1-16(17-6-4-3-5-7-17)31-15-21-11-22-20(10-19(21)13-25(31)32)14-27-26(22)18-8-9-23-24(12-18)30(2)29-28-23;1-16(17-5-3-2-4-6-17)29-15-21-10-23-20(9-19(21)11-24(29)30)14-28-25(23)18-7-8-22(12-26)27-13-18;1-15(16-6-4-3-5-7-16)28-14-19-9-21-18(8-17(19)10-22(28)29)11-25-23(21)20-12-26-24(30-2)27-13-20;1-13(15-6-4-3-5-7-15)28-12-18-9-19-17(8-16(18)10-20(28)29)11-26-21(19)27-14(2)22(23,24)25;1-3-22-21-19-10-18-13-24(14(2)15-7-5-4-6-8-15)20(25)11-16(18)9-17(19)12-23-21/h3-12,16H,13-15H2,1-2H3;2-10,13,16H,11,14-15H2,1H3;3-9,12-13,15H,10-11,14H2,1-2H3;3-9,13-14H,10-12H2,1-2H3,(H,26,27);4-10,14H,3,11-13H2,1-2H3,(H,22,23)/t2*16-;15-;13-,14?;14-/m11111/s1. The Labute approximate surface area is 845 Å². The monoisotopic (exact) mass is 1950 g/mol. The Bertz CT molecular complexity index is 7640. The number of amidine groups is 2. The van der Waals surface area contributed by atoms with Crippen LogP contribution in [-0.4, -0.2) is 139 Å². The van der Waals surface area contributed by atoms with E-state index in [0.717, 1.165) is 148 Å². The van der Waals surface area contributed by atoms with Crippen LogP contribution in [-0.2, 0) is 129 Å². The molecule has 0 radical (unpaired) electrons. The van der Waals surface area contributed by atoms with Crippen LogP contribution in [0.3, 0.4) is 0 Å². The highest BCUT2D eigenvalue weighted by Gasteiger charge is 2.41. The lowest BCUT2D eigenvalue weighted by Gasteiger charge is -2.34. The second-order valence-corrected chi connectivity index (χ2v) is 38.5. The van der Waals surface area contributed by atoms with Gasteiger partial charge in [0.15, 0.2) is 0 Å². The summed E-state index contributed by atoms with van der Waals surface area (Å²) in [5, 5.41) is 23.1. The van der Waals surface area contributed by atoms with Crippen molar-refractivity contribution in [2.75, 3.05) is 13.7 Å². The average molecular weight is 1950 g/mol. The molecule has 13 heterocycles. The topological polar surface area (TPSA) is 290 Å². The van der Waals surface area contributed by atoms with Crippen molar-refractivity contribution >= 4 is 69.4 Å². The molecule has 10 aliphatic heterocycles. The number of hydrogen-bond donors (Lipinski definition) is 2. The molecule has 25 nitrogen and oxygen atoms in total. The molecule has 734 valence electrons. The van der Waals surface area contributed by atoms with Gasteiger partial charge in [-0.05, 0) is 214 Å². The fraction of sp³-hybridized carbons (Fsp3) is 0.271. The minimum Gasteiger partial charge on any atom is -0.467 e. The van der Waals surface area contributed by atoms with E-state index in [1.54, 1.807) is 36.4 Å². The van der Waals surface area contributed by atoms with Gasteiger partial charge in [0.2, 0.25) is 29.5 Å². The van der Waals surface area contributed by atoms with Crippen LogP contribution in [0.25, 0.3) is 11.0 Å². The highest BCUT2D eigenvalue weighted by atomic mass is 19.4. The highest BCUT2D eigenvalue weighted by molar-refractivity contribution is 6.17. The Balaban J connectivity index is 0.000000111. The molecule has 3 aromatic heterocycles. The van der Waals surface area contributed by atoms with Gasteiger partial charge in [0.25, 0.3) is 0 Å². The zero-order chi connectivity index (χ0) is 101. The van der Waals surface area contributed by atoms with Crippen molar-refractivity contribution in [1.29, 1.82) is 5.26 Å². The van der Waals surface area contributed by atoms with E-state index in [1.807, 2.05) is 172 Å². The van der Waals surface area contributed by atoms with Crippen molar-refractivity contribution in [2.24, 2.45) is 32.0 Å². The Morgan fingerprint density at radius 2 is 0.685 bits per heavy atom. The van der Waals surface area contributed by atoms with Gasteiger partial charge in [-0.15, -0.1) is 5.10 Å². The number of ether oxygens (including phenoxy) is 1. The first-order valence-corrected chi connectivity index (χ1v) is 49.6. The van der Waals surface area contributed by atoms with Gasteiger partial charge in [0.1, 0.15) is 35.0 Å². The second-order valence-electron chi connectivity index (χ2n) is 38.5. The number of halogens is 3. The average Bonchev–Trinajstić information content (AvgIpc) is 1.59. The predicted octanol–water partition coefficient (Wildman–Crippen LogP) is 18.7. The number of alkyl halides is 3. The minimum atomic E-state index is -4.34. The van der Waals surface area contributed by atoms with E-state index in [2.05, 4.69) is 190 Å². The van der Waals surface area contributed by atoms with Crippen molar-refractivity contribution < 1.29 is 41.9 Å². The van der Waals surface area contributed by atoms with Crippen LogP contribution in [0.15, 0.2) is 286 Å². The fourth-order valence-electron chi connectivity index (χ4n) is 21.1. The number of aliphatic imine (C=N–C) groups is 5. The summed E-state index contributed by atoms with van der Waals surface area (Å²) < 4.78 is 45.6. The van der Waals surface area contributed by atoms with E-state index in [-0.39, 0.29) is 65.6 Å².